The Balaban J connectivity index is 2.08. The van der Waals surface area contributed by atoms with E-state index in [-0.39, 0.29) is 17.4 Å². The summed E-state index contributed by atoms with van der Waals surface area (Å²) in [5, 5.41) is 8.59. The van der Waals surface area contributed by atoms with E-state index >= 15 is 0 Å². The van der Waals surface area contributed by atoms with Gasteiger partial charge in [0.15, 0.2) is 0 Å². The Hall–Kier alpha value is -2.16. The van der Waals surface area contributed by atoms with Crippen molar-refractivity contribution in [3.05, 3.63) is 35.7 Å². The summed E-state index contributed by atoms with van der Waals surface area (Å²) in [5.74, 6) is -0.138. The van der Waals surface area contributed by atoms with Gasteiger partial charge in [0.1, 0.15) is 11.5 Å². The molecule has 1 heterocycles. The van der Waals surface area contributed by atoms with Crippen LogP contribution in [0.15, 0.2) is 28.7 Å². The lowest BCUT2D eigenvalue weighted by Gasteiger charge is -2.08. The SMILES string of the molecule is Cc1oc(-c2ccc(OC(F)(F)F)cc2)nc1CSCC(=O)O. The molecule has 124 valence electrons. The molecule has 0 atom stereocenters. The van der Waals surface area contributed by atoms with E-state index < -0.39 is 12.3 Å². The quantitative estimate of drug-likeness (QED) is 0.855. The number of benzene rings is 1. The first-order valence-electron chi connectivity index (χ1n) is 6.36. The lowest BCUT2D eigenvalue weighted by molar-refractivity contribution is -0.274. The number of oxazole rings is 1. The van der Waals surface area contributed by atoms with Gasteiger partial charge in [0.2, 0.25) is 5.89 Å². The van der Waals surface area contributed by atoms with Gasteiger partial charge < -0.3 is 14.3 Å². The molecule has 0 bridgehead atoms. The Morgan fingerprint density at radius 3 is 2.57 bits per heavy atom. The summed E-state index contributed by atoms with van der Waals surface area (Å²) in [5.41, 5.74) is 1.10. The van der Waals surface area contributed by atoms with E-state index in [9.17, 15) is 18.0 Å². The van der Waals surface area contributed by atoms with E-state index in [1.54, 1.807) is 6.92 Å². The number of thioether (sulfide) groups is 1. The largest absolute Gasteiger partial charge is 0.573 e. The highest BCUT2D eigenvalue weighted by molar-refractivity contribution is 7.99. The summed E-state index contributed by atoms with van der Waals surface area (Å²) in [6, 6.07) is 5.14. The maximum atomic E-state index is 12.1. The topological polar surface area (TPSA) is 72.6 Å². The number of carbonyl (C=O) groups is 1. The molecule has 0 aliphatic heterocycles. The molecule has 0 saturated heterocycles. The Labute approximate surface area is 133 Å². The molecule has 1 N–H and O–H groups in total. The van der Waals surface area contributed by atoms with Crippen LogP contribution in [0.2, 0.25) is 0 Å². The molecule has 0 saturated carbocycles. The lowest BCUT2D eigenvalue weighted by Crippen LogP contribution is -2.16. The number of carboxylic acid groups (broad SMARTS) is 1. The molecule has 0 aliphatic carbocycles. The standard InChI is InChI=1S/C14H12F3NO4S/c1-8-11(6-23-7-12(19)20)18-13(21-8)9-2-4-10(5-3-9)22-14(15,16)17/h2-5H,6-7H2,1H3,(H,19,20). The van der Waals surface area contributed by atoms with Gasteiger partial charge in [0, 0.05) is 11.3 Å². The van der Waals surface area contributed by atoms with E-state index in [1.165, 1.54) is 36.0 Å². The van der Waals surface area contributed by atoms with Crippen molar-refractivity contribution >= 4 is 17.7 Å². The zero-order chi connectivity index (χ0) is 17.0. The molecule has 1 aromatic carbocycles. The van der Waals surface area contributed by atoms with Crippen molar-refractivity contribution in [2.75, 3.05) is 5.75 Å². The number of halogens is 3. The van der Waals surface area contributed by atoms with Crippen molar-refractivity contribution in [3.8, 4) is 17.2 Å². The third-order valence-corrected chi connectivity index (χ3v) is 3.62. The average Bonchev–Trinajstić information content (AvgIpc) is 2.79. The first kappa shape index (κ1) is 17.2. The highest BCUT2D eigenvalue weighted by atomic mass is 32.2. The molecule has 0 radical (unpaired) electrons. The second-order valence-electron chi connectivity index (χ2n) is 4.48. The van der Waals surface area contributed by atoms with Crippen LogP contribution in [0, 0.1) is 6.92 Å². The van der Waals surface area contributed by atoms with E-state index in [0.29, 0.717) is 22.8 Å². The number of alkyl halides is 3. The summed E-state index contributed by atoms with van der Waals surface area (Å²) in [6.45, 7) is 1.69. The van der Waals surface area contributed by atoms with Gasteiger partial charge in [-0.2, -0.15) is 0 Å². The van der Waals surface area contributed by atoms with Crippen LogP contribution in [0.25, 0.3) is 11.5 Å². The Morgan fingerprint density at radius 2 is 2.00 bits per heavy atom. The molecule has 0 aliphatic rings. The average molecular weight is 347 g/mol. The van der Waals surface area contributed by atoms with Gasteiger partial charge in [0.05, 0.1) is 11.4 Å². The zero-order valence-electron chi connectivity index (χ0n) is 11.9. The predicted octanol–water partition coefficient (Wildman–Crippen LogP) is 3.87. The van der Waals surface area contributed by atoms with E-state index in [2.05, 4.69) is 9.72 Å². The van der Waals surface area contributed by atoms with Crippen molar-refractivity contribution in [1.82, 2.24) is 4.98 Å². The van der Waals surface area contributed by atoms with Gasteiger partial charge in [-0.15, -0.1) is 24.9 Å². The molecule has 2 rings (SSSR count). The second kappa shape index (κ2) is 6.95. The molecule has 1 aromatic heterocycles. The minimum atomic E-state index is -4.74. The smallest absolute Gasteiger partial charge is 0.481 e. The van der Waals surface area contributed by atoms with E-state index in [4.69, 9.17) is 9.52 Å². The minimum Gasteiger partial charge on any atom is -0.481 e. The third kappa shape index (κ3) is 5.20. The fraction of sp³-hybridized carbons (Fsp3) is 0.286. The van der Waals surface area contributed by atoms with Crippen LogP contribution >= 0.6 is 11.8 Å². The first-order valence-corrected chi connectivity index (χ1v) is 7.52. The Morgan fingerprint density at radius 1 is 1.35 bits per heavy atom. The van der Waals surface area contributed by atoms with Gasteiger partial charge >= 0.3 is 12.3 Å². The normalized spacial score (nSPS) is 11.5. The fourth-order valence-corrected chi connectivity index (χ4v) is 2.46. The monoisotopic (exact) mass is 347 g/mol. The van der Waals surface area contributed by atoms with E-state index in [0.717, 1.165) is 0 Å². The predicted molar refractivity (Wildman–Crippen MR) is 77.2 cm³/mol. The van der Waals surface area contributed by atoms with Gasteiger partial charge in [-0.05, 0) is 31.2 Å². The third-order valence-electron chi connectivity index (χ3n) is 2.69. The molecule has 0 amide bonds. The number of hydrogen-bond donors (Lipinski definition) is 1. The van der Waals surface area contributed by atoms with Gasteiger partial charge in [0.25, 0.3) is 0 Å². The summed E-state index contributed by atoms with van der Waals surface area (Å²) >= 11 is 1.18. The first-order chi connectivity index (χ1) is 10.7. The maximum absolute atomic E-state index is 12.1. The number of rotatable bonds is 6. The summed E-state index contributed by atoms with van der Waals surface area (Å²) in [6.07, 6.45) is -4.74. The summed E-state index contributed by atoms with van der Waals surface area (Å²) in [7, 11) is 0. The van der Waals surface area contributed by atoms with Gasteiger partial charge in [-0.25, -0.2) is 4.98 Å². The molecule has 23 heavy (non-hydrogen) atoms. The number of aliphatic carboxylic acids is 1. The number of ether oxygens (including phenoxy) is 1. The van der Waals surface area contributed by atoms with Crippen LogP contribution in [-0.4, -0.2) is 28.2 Å². The number of carboxylic acids is 1. The molecule has 0 fully saturated rings. The van der Waals surface area contributed by atoms with Crippen LogP contribution in [0.5, 0.6) is 5.75 Å². The molecule has 5 nitrogen and oxygen atoms in total. The van der Waals surface area contributed by atoms with Crippen LogP contribution in [0.1, 0.15) is 11.5 Å². The molecule has 9 heteroatoms. The maximum Gasteiger partial charge on any atom is 0.573 e. The van der Waals surface area contributed by atoms with E-state index in [1.807, 2.05) is 0 Å². The zero-order valence-corrected chi connectivity index (χ0v) is 12.7. The summed E-state index contributed by atoms with van der Waals surface area (Å²) < 4.78 is 45.5. The number of aromatic nitrogens is 1. The molecule has 2 aromatic rings. The van der Waals surface area contributed by atoms with Crippen LogP contribution in [0.3, 0.4) is 0 Å². The fourth-order valence-electron chi connectivity index (χ4n) is 1.72. The molecule has 0 spiro atoms. The van der Waals surface area contributed by atoms with Crippen LogP contribution in [0.4, 0.5) is 13.2 Å². The summed E-state index contributed by atoms with van der Waals surface area (Å²) in [4.78, 5) is 14.7. The van der Waals surface area contributed by atoms with Crippen molar-refractivity contribution in [2.45, 2.75) is 19.0 Å². The van der Waals surface area contributed by atoms with Crippen molar-refractivity contribution in [1.29, 1.82) is 0 Å². The van der Waals surface area contributed by atoms with Crippen LogP contribution < -0.4 is 4.74 Å². The molecular weight excluding hydrogens is 335 g/mol. The highest BCUT2D eigenvalue weighted by Gasteiger charge is 2.31. The van der Waals surface area contributed by atoms with Crippen molar-refractivity contribution < 1.29 is 32.2 Å². The lowest BCUT2D eigenvalue weighted by atomic mass is 10.2. The minimum absolute atomic E-state index is 0.0505. The van der Waals surface area contributed by atoms with Crippen LogP contribution in [-0.2, 0) is 10.5 Å². The number of aryl methyl sites for hydroxylation is 1. The Kier molecular flexibility index (Phi) is 5.19. The van der Waals surface area contributed by atoms with Crippen molar-refractivity contribution in [2.24, 2.45) is 0 Å². The van der Waals surface area contributed by atoms with Crippen molar-refractivity contribution in [3.63, 3.8) is 0 Å². The van der Waals surface area contributed by atoms with Gasteiger partial charge in [-0.3, -0.25) is 4.79 Å². The molecular formula is C14H12F3NO4S. The molecule has 0 unspecified atom stereocenters. The Bertz CT molecular complexity index is 682. The number of nitrogens with zero attached hydrogens (tertiary/aromatic N) is 1. The second-order valence-corrected chi connectivity index (χ2v) is 5.47. The highest BCUT2D eigenvalue weighted by Crippen LogP contribution is 2.28. The van der Waals surface area contributed by atoms with Gasteiger partial charge in [-0.1, -0.05) is 0 Å². The number of hydrogen-bond acceptors (Lipinski definition) is 5.